The molecule has 0 saturated carbocycles. The van der Waals surface area contributed by atoms with Crippen molar-refractivity contribution in [2.45, 2.75) is 51.4 Å². The molecular weight excluding hydrogens is 280 g/mol. The fourth-order valence-corrected chi connectivity index (χ4v) is 2.98. The van der Waals surface area contributed by atoms with Gasteiger partial charge in [0.2, 0.25) is 0 Å². The average molecular weight is 299 g/mol. The van der Waals surface area contributed by atoms with Crippen LogP contribution in [0.15, 0.2) is 18.2 Å². The molecule has 0 aliphatic carbocycles. The van der Waals surface area contributed by atoms with Crippen molar-refractivity contribution in [2.24, 2.45) is 0 Å². The van der Waals surface area contributed by atoms with E-state index in [1.165, 1.54) is 6.07 Å². The van der Waals surface area contributed by atoms with Gasteiger partial charge in [-0.2, -0.15) is 0 Å². The number of nitro groups is 1. The number of hydrogen-bond donors (Lipinski definition) is 1. The number of nitrogens with one attached hydrogen (secondary N) is 1. The van der Waals surface area contributed by atoms with E-state index in [9.17, 15) is 10.1 Å². The van der Waals surface area contributed by atoms with Gasteiger partial charge in [0.05, 0.1) is 22.2 Å². The number of halogens is 1. The summed E-state index contributed by atoms with van der Waals surface area (Å²) in [5, 5.41) is 14.2. The summed E-state index contributed by atoms with van der Waals surface area (Å²) in [4.78, 5) is 10.3. The number of rotatable bonds is 3. The molecule has 0 amide bonds. The Kier molecular flexibility index (Phi) is 3.69. The van der Waals surface area contributed by atoms with E-state index in [1.54, 1.807) is 12.1 Å². The van der Waals surface area contributed by atoms with Crippen molar-refractivity contribution in [2.75, 3.05) is 5.32 Å². The minimum absolute atomic E-state index is 0.0838. The molecule has 5 nitrogen and oxygen atoms in total. The Bertz CT molecular complexity index is 543. The first-order chi connectivity index (χ1) is 9.11. The Balaban J connectivity index is 2.19. The van der Waals surface area contributed by atoms with Crippen molar-refractivity contribution in [3.63, 3.8) is 0 Å². The Labute approximate surface area is 123 Å². The second-order valence-electron chi connectivity index (χ2n) is 6.29. The molecule has 1 heterocycles. The molecule has 0 aromatic heterocycles. The van der Waals surface area contributed by atoms with Gasteiger partial charge >= 0.3 is 0 Å². The molecule has 1 aliphatic rings. The third-order valence-electron chi connectivity index (χ3n) is 3.56. The molecule has 110 valence electrons. The maximum absolute atomic E-state index is 10.7. The van der Waals surface area contributed by atoms with Crippen molar-refractivity contribution in [1.82, 2.24) is 0 Å². The molecule has 1 atom stereocenters. The number of hydrogen-bond acceptors (Lipinski definition) is 4. The van der Waals surface area contributed by atoms with E-state index in [0.29, 0.717) is 0 Å². The van der Waals surface area contributed by atoms with E-state index in [1.807, 2.05) is 13.8 Å². The lowest BCUT2D eigenvalue weighted by Crippen LogP contribution is -2.38. The van der Waals surface area contributed by atoms with Gasteiger partial charge in [0.1, 0.15) is 5.02 Å². The standard InChI is InChI=1S/C14H19ClN2O3/c1-13(2)8-12(14(3,4)20-13)16-9-5-6-11(17(18)19)10(15)7-9/h5-7,12,16H,8H2,1-4H3. The summed E-state index contributed by atoms with van der Waals surface area (Å²) in [5.74, 6) is 0. The molecule has 0 bridgehead atoms. The zero-order chi connectivity index (χ0) is 15.1. The first-order valence-electron chi connectivity index (χ1n) is 6.51. The van der Waals surface area contributed by atoms with Crippen LogP contribution >= 0.6 is 11.6 Å². The Hall–Kier alpha value is -1.33. The van der Waals surface area contributed by atoms with Crippen LogP contribution in [0.4, 0.5) is 11.4 Å². The summed E-state index contributed by atoms with van der Waals surface area (Å²) in [6, 6.07) is 4.79. The predicted octanol–water partition coefficient (Wildman–Crippen LogP) is 4.01. The number of nitrogens with zero attached hydrogens (tertiary/aromatic N) is 1. The predicted molar refractivity (Wildman–Crippen MR) is 79.4 cm³/mol. The summed E-state index contributed by atoms with van der Waals surface area (Å²) >= 11 is 5.92. The third kappa shape index (κ3) is 3.04. The van der Waals surface area contributed by atoms with Crippen LogP contribution in [0.2, 0.25) is 5.02 Å². The Morgan fingerprint density at radius 1 is 1.40 bits per heavy atom. The van der Waals surface area contributed by atoms with E-state index in [2.05, 4.69) is 19.2 Å². The smallest absolute Gasteiger partial charge is 0.288 e. The topological polar surface area (TPSA) is 64.4 Å². The van der Waals surface area contributed by atoms with Gasteiger partial charge in [-0.3, -0.25) is 10.1 Å². The molecule has 1 saturated heterocycles. The van der Waals surface area contributed by atoms with E-state index in [4.69, 9.17) is 16.3 Å². The van der Waals surface area contributed by atoms with Gasteiger partial charge in [0.25, 0.3) is 5.69 Å². The van der Waals surface area contributed by atoms with Gasteiger partial charge in [0.15, 0.2) is 0 Å². The summed E-state index contributed by atoms with van der Waals surface area (Å²) in [6.07, 6.45) is 0.856. The van der Waals surface area contributed by atoms with Crippen molar-refractivity contribution in [3.8, 4) is 0 Å². The van der Waals surface area contributed by atoms with Crippen LogP contribution in [0.3, 0.4) is 0 Å². The lowest BCUT2D eigenvalue weighted by molar-refractivity contribution is -0.384. The molecule has 20 heavy (non-hydrogen) atoms. The van der Waals surface area contributed by atoms with E-state index in [-0.39, 0.29) is 28.0 Å². The number of ether oxygens (including phenoxy) is 1. The fourth-order valence-electron chi connectivity index (χ4n) is 2.73. The molecule has 1 aliphatic heterocycles. The van der Waals surface area contributed by atoms with Crippen molar-refractivity contribution in [1.29, 1.82) is 0 Å². The molecule has 0 spiro atoms. The van der Waals surface area contributed by atoms with Gasteiger partial charge < -0.3 is 10.1 Å². The normalized spacial score (nSPS) is 23.6. The zero-order valence-corrected chi connectivity index (χ0v) is 12.8. The SMILES string of the molecule is CC1(C)CC(Nc2ccc([N+](=O)[O-])c(Cl)c2)C(C)(C)O1. The molecule has 1 aromatic rings. The van der Waals surface area contributed by atoms with Crippen LogP contribution in [0.5, 0.6) is 0 Å². The minimum Gasteiger partial charge on any atom is -0.379 e. The maximum Gasteiger partial charge on any atom is 0.288 e. The second-order valence-corrected chi connectivity index (χ2v) is 6.70. The van der Waals surface area contributed by atoms with Crippen LogP contribution in [0.1, 0.15) is 34.1 Å². The molecule has 1 N–H and O–H groups in total. The van der Waals surface area contributed by atoms with Crippen molar-refractivity contribution >= 4 is 23.0 Å². The highest BCUT2D eigenvalue weighted by Gasteiger charge is 2.45. The van der Waals surface area contributed by atoms with E-state index < -0.39 is 4.92 Å². The first kappa shape index (κ1) is 15.1. The molecule has 1 unspecified atom stereocenters. The molecule has 0 radical (unpaired) electrons. The zero-order valence-electron chi connectivity index (χ0n) is 12.1. The highest BCUT2D eigenvalue weighted by Crippen LogP contribution is 2.39. The largest absolute Gasteiger partial charge is 0.379 e. The number of anilines is 1. The third-order valence-corrected chi connectivity index (χ3v) is 3.86. The van der Waals surface area contributed by atoms with E-state index in [0.717, 1.165) is 12.1 Å². The van der Waals surface area contributed by atoms with Gasteiger partial charge in [-0.1, -0.05) is 11.6 Å². The van der Waals surface area contributed by atoms with Crippen LogP contribution in [0, 0.1) is 10.1 Å². The highest BCUT2D eigenvalue weighted by atomic mass is 35.5. The van der Waals surface area contributed by atoms with Crippen LogP contribution < -0.4 is 5.32 Å². The summed E-state index contributed by atoms with van der Waals surface area (Å²) in [7, 11) is 0. The molecule has 1 aromatic carbocycles. The minimum atomic E-state index is -0.488. The van der Waals surface area contributed by atoms with Gasteiger partial charge in [-0.25, -0.2) is 0 Å². The van der Waals surface area contributed by atoms with Crippen LogP contribution in [-0.2, 0) is 4.74 Å². The van der Waals surface area contributed by atoms with Crippen LogP contribution in [-0.4, -0.2) is 22.2 Å². The fraction of sp³-hybridized carbons (Fsp3) is 0.571. The molecular formula is C14H19ClN2O3. The second kappa shape index (κ2) is 4.90. The van der Waals surface area contributed by atoms with E-state index >= 15 is 0 Å². The van der Waals surface area contributed by atoms with Gasteiger partial charge in [0, 0.05) is 11.8 Å². The van der Waals surface area contributed by atoms with Gasteiger partial charge in [-0.05, 0) is 46.2 Å². The van der Waals surface area contributed by atoms with Crippen molar-refractivity contribution < 1.29 is 9.66 Å². The summed E-state index contributed by atoms with van der Waals surface area (Å²) in [5.41, 5.74) is 0.184. The van der Waals surface area contributed by atoms with Gasteiger partial charge in [-0.15, -0.1) is 0 Å². The highest BCUT2D eigenvalue weighted by molar-refractivity contribution is 6.32. The molecule has 1 fully saturated rings. The summed E-state index contributed by atoms with van der Waals surface area (Å²) < 4.78 is 6.01. The van der Waals surface area contributed by atoms with Crippen LogP contribution in [0.25, 0.3) is 0 Å². The average Bonchev–Trinajstić information content (AvgIpc) is 2.45. The first-order valence-corrected chi connectivity index (χ1v) is 6.89. The number of benzene rings is 1. The van der Waals surface area contributed by atoms with Crippen molar-refractivity contribution in [3.05, 3.63) is 33.3 Å². The monoisotopic (exact) mass is 298 g/mol. The Morgan fingerprint density at radius 2 is 2.05 bits per heavy atom. The molecule has 6 heteroatoms. The Morgan fingerprint density at radius 3 is 2.50 bits per heavy atom. The quantitative estimate of drug-likeness (QED) is 0.676. The lowest BCUT2D eigenvalue weighted by atomic mass is 9.94. The number of nitro benzene ring substituents is 1. The maximum atomic E-state index is 10.7. The summed E-state index contributed by atoms with van der Waals surface area (Å²) in [6.45, 7) is 8.18. The molecule has 2 rings (SSSR count). The lowest BCUT2D eigenvalue weighted by Gasteiger charge is -2.28.